The van der Waals surface area contributed by atoms with Gasteiger partial charge >= 0.3 is 0 Å². The van der Waals surface area contributed by atoms with Crippen molar-refractivity contribution in [3.05, 3.63) is 74.1 Å². The molecule has 0 bridgehead atoms. The summed E-state index contributed by atoms with van der Waals surface area (Å²) in [6, 6.07) is 15.7. The lowest BCUT2D eigenvalue weighted by atomic mass is 10.2. The number of allylic oxidation sites excluding steroid dienone is 1. The van der Waals surface area contributed by atoms with Crippen LogP contribution >= 0.6 is 38.9 Å². The Kier molecular flexibility index (Phi) is 5.54. The van der Waals surface area contributed by atoms with Gasteiger partial charge in [0.2, 0.25) is 0 Å². The highest BCUT2D eigenvalue weighted by Crippen LogP contribution is 2.27. The fourth-order valence-corrected chi connectivity index (χ4v) is 3.42. The van der Waals surface area contributed by atoms with E-state index in [0.29, 0.717) is 15.6 Å². The molecule has 3 nitrogen and oxygen atoms in total. The third-order valence-electron chi connectivity index (χ3n) is 3.57. The highest BCUT2D eigenvalue weighted by molar-refractivity contribution is 9.10. The molecule has 2 aromatic carbocycles. The lowest BCUT2D eigenvalue weighted by molar-refractivity contribution is 1.36. The van der Waals surface area contributed by atoms with E-state index < -0.39 is 0 Å². The molecule has 6 heteroatoms. The van der Waals surface area contributed by atoms with E-state index in [1.165, 1.54) is 11.3 Å². The lowest BCUT2D eigenvalue weighted by Crippen LogP contribution is -1.93. The summed E-state index contributed by atoms with van der Waals surface area (Å²) < 4.78 is 1.02. The van der Waals surface area contributed by atoms with Crippen molar-refractivity contribution in [3.8, 4) is 17.3 Å². The predicted molar refractivity (Wildman–Crippen MR) is 109 cm³/mol. The summed E-state index contributed by atoms with van der Waals surface area (Å²) in [4.78, 5) is 4.58. The minimum absolute atomic E-state index is 0.479. The average Bonchev–Trinajstić information content (AvgIpc) is 3.09. The zero-order valence-corrected chi connectivity index (χ0v) is 16.4. The van der Waals surface area contributed by atoms with Crippen molar-refractivity contribution in [2.45, 2.75) is 6.92 Å². The Morgan fingerprint density at radius 1 is 1.28 bits per heavy atom. The highest BCUT2D eigenvalue weighted by Gasteiger charge is 2.09. The fraction of sp³-hybridized carbons (Fsp3) is 0.0526. The molecule has 0 saturated heterocycles. The van der Waals surface area contributed by atoms with Crippen LogP contribution < -0.4 is 5.32 Å². The number of nitriles is 1. The van der Waals surface area contributed by atoms with Gasteiger partial charge in [0.25, 0.3) is 0 Å². The van der Waals surface area contributed by atoms with Gasteiger partial charge in [0.05, 0.1) is 5.69 Å². The number of aryl methyl sites for hydroxylation is 1. The van der Waals surface area contributed by atoms with Crippen LogP contribution in [-0.2, 0) is 0 Å². The molecular formula is C19H13BrClN3S. The molecule has 1 heterocycles. The first kappa shape index (κ1) is 17.7. The summed E-state index contributed by atoms with van der Waals surface area (Å²) in [6.45, 7) is 1.98. The summed E-state index contributed by atoms with van der Waals surface area (Å²) in [5.74, 6) is 0. The van der Waals surface area contributed by atoms with Gasteiger partial charge in [0, 0.05) is 32.3 Å². The van der Waals surface area contributed by atoms with Gasteiger partial charge in [-0.3, -0.25) is 0 Å². The molecule has 0 aliphatic carbocycles. The van der Waals surface area contributed by atoms with Gasteiger partial charge in [-0.05, 0) is 36.8 Å². The van der Waals surface area contributed by atoms with E-state index in [4.69, 9.17) is 11.6 Å². The molecule has 3 rings (SSSR count). The summed E-state index contributed by atoms with van der Waals surface area (Å²) >= 11 is 10.9. The van der Waals surface area contributed by atoms with Crippen LogP contribution in [0, 0.1) is 18.3 Å². The van der Waals surface area contributed by atoms with Gasteiger partial charge in [-0.2, -0.15) is 5.26 Å². The molecular weight excluding hydrogens is 418 g/mol. The fourth-order valence-electron chi connectivity index (χ4n) is 2.19. The van der Waals surface area contributed by atoms with Crippen molar-refractivity contribution >= 4 is 50.1 Å². The van der Waals surface area contributed by atoms with E-state index in [1.807, 2.05) is 54.8 Å². The van der Waals surface area contributed by atoms with Crippen molar-refractivity contribution in [2.75, 3.05) is 5.32 Å². The zero-order chi connectivity index (χ0) is 17.8. The summed E-state index contributed by atoms with van der Waals surface area (Å²) in [5, 5.41) is 15.9. The smallest absolute Gasteiger partial charge is 0.136 e. The Bertz CT molecular complexity index is 971. The number of rotatable bonds is 4. The molecule has 0 amide bonds. The number of benzene rings is 2. The highest BCUT2D eigenvalue weighted by atomic mass is 79.9. The van der Waals surface area contributed by atoms with Crippen LogP contribution in [0.3, 0.4) is 0 Å². The van der Waals surface area contributed by atoms with E-state index in [-0.39, 0.29) is 0 Å². The predicted octanol–water partition coefficient (Wildman–Crippen LogP) is 6.51. The Balaban J connectivity index is 1.85. The van der Waals surface area contributed by atoms with Crippen molar-refractivity contribution in [1.82, 2.24) is 4.98 Å². The largest absolute Gasteiger partial charge is 0.360 e. The summed E-state index contributed by atoms with van der Waals surface area (Å²) in [7, 11) is 0. The van der Waals surface area contributed by atoms with Crippen LogP contribution in [0.25, 0.3) is 16.8 Å². The van der Waals surface area contributed by atoms with Gasteiger partial charge in [-0.15, -0.1) is 11.3 Å². The SMILES string of the molecule is Cc1ccc(Cl)cc1N/C=C(\C#N)c1nc(-c2ccc(Br)cc2)cs1. The summed E-state index contributed by atoms with van der Waals surface area (Å²) in [6.07, 6.45) is 1.67. The Morgan fingerprint density at radius 3 is 2.76 bits per heavy atom. The standard InChI is InChI=1S/C19H13BrClN3S/c1-12-2-7-16(21)8-17(12)23-10-14(9-22)19-24-18(11-25-19)13-3-5-15(20)6-4-13/h2-8,10-11,23H,1H3/b14-10+. The Morgan fingerprint density at radius 2 is 2.04 bits per heavy atom. The van der Waals surface area contributed by atoms with Gasteiger partial charge in [0.1, 0.15) is 16.6 Å². The molecule has 0 fully saturated rings. The maximum absolute atomic E-state index is 9.47. The van der Waals surface area contributed by atoms with Crippen LogP contribution in [-0.4, -0.2) is 4.98 Å². The molecule has 0 saturated carbocycles. The number of thiazole rings is 1. The quantitative estimate of drug-likeness (QED) is 0.480. The van der Waals surface area contributed by atoms with E-state index in [9.17, 15) is 5.26 Å². The van der Waals surface area contributed by atoms with Crippen molar-refractivity contribution in [3.63, 3.8) is 0 Å². The average molecular weight is 431 g/mol. The minimum Gasteiger partial charge on any atom is -0.360 e. The molecule has 1 aromatic heterocycles. The van der Waals surface area contributed by atoms with Crippen LogP contribution in [0.1, 0.15) is 10.6 Å². The van der Waals surface area contributed by atoms with Gasteiger partial charge in [-0.1, -0.05) is 45.7 Å². The zero-order valence-electron chi connectivity index (χ0n) is 13.3. The Hall–Kier alpha value is -2.13. The monoisotopic (exact) mass is 429 g/mol. The molecule has 25 heavy (non-hydrogen) atoms. The number of hydrogen-bond acceptors (Lipinski definition) is 4. The number of hydrogen-bond donors (Lipinski definition) is 1. The molecule has 0 unspecified atom stereocenters. The van der Waals surface area contributed by atoms with Gasteiger partial charge in [0.15, 0.2) is 0 Å². The molecule has 0 radical (unpaired) electrons. The van der Waals surface area contributed by atoms with Crippen molar-refractivity contribution in [2.24, 2.45) is 0 Å². The second kappa shape index (κ2) is 7.83. The second-order valence-corrected chi connectivity index (χ2v) is 7.53. The van der Waals surface area contributed by atoms with Gasteiger partial charge in [-0.25, -0.2) is 4.98 Å². The molecule has 0 aliphatic heterocycles. The van der Waals surface area contributed by atoms with E-state index in [2.05, 4.69) is 32.3 Å². The first-order valence-corrected chi connectivity index (χ1v) is 9.46. The number of nitrogens with one attached hydrogen (secondary N) is 1. The maximum Gasteiger partial charge on any atom is 0.136 e. The van der Waals surface area contributed by atoms with Gasteiger partial charge < -0.3 is 5.32 Å². The van der Waals surface area contributed by atoms with Crippen LogP contribution in [0.2, 0.25) is 5.02 Å². The second-order valence-electron chi connectivity index (χ2n) is 5.32. The van der Waals surface area contributed by atoms with Crippen LogP contribution in [0.5, 0.6) is 0 Å². The van der Waals surface area contributed by atoms with E-state index in [1.54, 1.807) is 6.20 Å². The molecule has 1 N–H and O–H groups in total. The van der Waals surface area contributed by atoms with Crippen LogP contribution in [0.15, 0.2) is 58.5 Å². The van der Waals surface area contributed by atoms with E-state index >= 15 is 0 Å². The number of anilines is 1. The normalized spacial score (nSPS) is 11.2. The number of halogens is 2. The number of nitrogens with zero attached hydrogens (tertiary/aromatic N) is 2. The third-order valence-corrected chi connectivity index (χ3v) is 5.21. The molecule has 0 spiro atoms. The van der Waals surface area contributed by atoms with Crippen molar-refractivity contribution in [1.29, 1.82) is 5.26 Å². The number of aromatic nitrogens is 1. The molecule has 0 aliphatic rings. The summed E-state index contributed by atoms with van der Waals surface area (Å²) in [5.41, 5.74) is 4.26. The first-order valence-electron chi connectivity index (χ1n) is 7.41. The molecule has 124 valence electrons. The lowest BCUT2D eigenvalue weighted by Gasteiger charge is -2.06. The van der Waals surface area contributed by atoms with E-state index in [0.717, 1.165) is 27.0 Å². The first-order chi connectivity index (χ1) is 12.1. The minimum atomic E-state index is 0.479. The van der Waals surface area contributed by atoms with Crippen LogP contribution in [0.4, 0.5) is 5.69 Å². The topological polar surface area (TPSA) is 48.7 Å². The Labute approximate surface area is 163 Å². The molecule has 0 atom stereocenters. The third kappa shape index (κ3) is 4.29. The maximum atomic E-state index is 9.47. The molecule has 3 aromatic rings. The van der Waals surface area contributed by atoms with Crippen molar-refractivity contribution < 1.29 is 0 Å².